The number of nitrogens with one attached hydrogen (secondary N) is 2. The average molecular weight is 498 g/mol. The zero-order chi connectivity index (χ0) is 22.8. The van der Waals surface area contributed by atoms with E-state index in [1.54, 1.807) is 6.07 Å². The van der Waals surface area contributed by atoms with Crippen molar-refractivity contribution < 1.29 is 18.7 Å². The summed E-state index contributed by atoms with van der Waals surface area (Å²) in [5.74, 6) is -0.824. The predicted molar refractivity (Wildman–Crippen MR) is 124 cm³/mol. The predicted octanol–water partition coefficient (Wildman–Crippen LogP) is 4.44. The van der Waals surface area contributed by atoms with Gasteiger partial charge >= 0.3 is 0 Å². The second kappa shape index (κ2) is 11.8. The SMILES string of the molecule is O=C(CCNC(=O)c1ccccc1F)NN=Cc1ccc(OCc2ccc(Br)cc2)cc1. The first-order valence-electron chi connectivity index (χ1n) is 9.83. The fourth-order valence-corrected chi connectivity index (χ4v) is 2.93. The third-order valence-electron chi connectivity index (χ3n) is 4.36. The number of hydrogen-bond acceptors (Lipinski definition) is 4. The van der Waals surface area contributed by atoms with E-state index in [2.05, 4.69) is 31.8 Å². The van der Waals surface area contributed by atoms with Gasteiger partial charge in [0, 0.05) is 17.4 Å². The molecule has 0 aliphatic heterocycles. The molecule has 0 unspecified atom stereocenters. The Labute approximate surface area is 193 Å². The minimum Gasteiger partial charge on any atom is -0.489 e. The summed E-state index contributed by atoms with van der Waals surface area (Å²) in [4.78, 5) is 23.7. The Bertz CT molecular complexity index is 1090. The topological polar surface area (TPSA) is 79.8 Å². The molecule has 0 radical (unpaired) electrons. The number of rotatable bonds is 9. The summed E-state index contributed by atoms with van der Waals surface area (Å²) in [5, 5.41) is 6.40. The van der Waals surface area contributed by atoms with E-state index in [-0.39, 0.29) is 24.4 Å². The van der Waals surface area contributed by atoms with Crippen molar-refractivity contribution >= 4 is 34.0 Å². The Morgan fingerprint density at radius 2 is 1.72 bits per heavy atom. The van der Waals surface area contributed by atoms with Crippen molar-refractivity contribution in [1.82, 2.24) is 10.7 Å². The van der Waals surface area contributed by atoms with Crippen LogP contribution in [0.25, 0.3) is 0 Å². The molecule has 32 heavy (non-hydrogen) atoms. The number of carbonyl (C=O) groups is 2. The molecule has 0 bridgehead atoms. The van der Waals surface area contributed by atoms with Crippen molar-refractivity contribution in [3.63, 3.8) is 0 Å². The number of hydrazone groups is 1. The lowest BCUT2D eigenvalue weighted by molar-refractivity contribution is -0.120. The van der Waals surface area contributed by atoms with Gasteiger partial charge in [-0.3, -0.25) is 9.59 Å². The number of halogens is 2. The van der Waals surface area contributed by atoms with Crippen molar-refractivity contribution in [3.8, 4) is 5.75 Å². The highest BCUT2D eigenvalue weighted by atomic mass is 79.9. The lowest BCUT2D eigenvalue weighted by Gasteiger charge is -2.07. The van der Waals surface area contributed by atoms with Gasteiger partial charge in [-0.1, -0.05) is 40.2 Å². The summed E-state index contributed by atoms with van der Waals surface area (Å²) in [6.45, 7) is 0.531. The molecular weight excluding hydrogens is 477 g/mol. The zero-order valence-corrected chi connectivity index (χ0v) is 18.6. The number of ether oxygens (including phenoxy) is 1. The Balaban J connectivity index is 1.37. The second-order valence-corrected chi connectivity index (χ2v) is 7.68. The van der Waals surface area contributed by atoms with E-state index in [1.165, 1.54) is 24.4 Å². The van der Waals surface area contributed by atoms with Crippen molar-refractivity contribution in [2.45, 2.75) is 13.0 Å². The van der Waals surface area contributed by atoms with E-state index < -0.39 is 11.7 Å². The van der Waals surface area contributed by atoms with E-state index in [0.29, 0.717) is 6.61 Å². The molecule has 0 atom stereocenters. The average Bonchev–Trinajstić information content (AvgIpc) is 2.80. The third-order valence-corrected chi connectivity index (χ3v) is 4.89. The second-order valence-electron chi connectivity index (χ2n) is 6.76. The quantitative estimate of drug-likeness (QED) is 0.338. The zero-order valence-electron chi connectivity index (χ0n) is 17.1. The maximum atomic E-state index is 13.5. The molecule has 6 nitrogen and oxygen atoms in total. The van der Waals surface area contributed by atoms with Crippen LogP contribution in [0.1, 0.15) is 27.9 Å². The van der Waals surface area contributed by atoms with Gasteiger partial charge in [-0.05, 0) is 59.7 Å². The summed E-state index contributed by atoms with van der Waals surface area (Å²) >= 11 is 3.40. The molecule has 3 aromatic carbocycles. The number of nitrogens with zero attached hydrogens (tertiary/aromatic N) is 1. The van der Waals surface area contributed by atoms with Crippen LogP contribution in [0.2, 0.25) is 0 Å². The van der Waals surface area contributed by atoms with Crippen LogP contribution in [0.5, 0.6) is 5.75 Å². The number of benzene rings is 3. The van der Waals surface area contributed by atoms with Gasteiger partial charge in [-0.2, -0.15) is 5.10 Å². The molecule has 0 spiro atoms. The van der Waals surface area contributed by atoms with Gasteiger partial charge in [-0.25, -0.2) is 9.82 Å². The highest BCUT2D eigenvalue weighted by Crippen LogP contribution is 2.15. The van der Waals surface area contributed by atoms with E-state index in [9.17, 15) is 14.0 Å². The van der Waals surface area contributed by atoms with Crippen LogP contribution in [0.4, 0.5) is 4.39 Å². The summed E-state index contributed by atoms with van der Waals surface area (Å²) in [6.07, 6.45) is 1.52. The summed E-state index contributed by atoms with van der Waals surface area (Å²) in [7, 11) is 0. The minimum absolute atomic E-state index is 0.0143. The largest absolute Gasteiger partial charge is 0.489 e. The molecule has 0 heterocycles. The molecule has 0 aliphatic rings. The van der Waals surface area contributed by atoms with Crippen molar-refractivity contribution in [2.75, 3.05) is 6.54 Å². The fraction of sp³-hybridized carbons (Fsp3) is 0.125. The molecule has 2 amide bonds. The van der Waals surface area contributed by atoms with Crippen molar-refractivity contribution in [2.24, 2.45) is 5.10 Å². The molecule has 0 saturated carbocycles. The Morgan fingerprint density at radius 1 is 1.00 bits per heavy atom. The minimum atomic E-state index is -0.608. The van der Waals surface area contributed by atoms with Gasteiger partial charge in [0.25, 0.3) is 5.91 Å². The number of carbonyl (C=O) groups excluding carboxylic acids is 2. The van der Waals surface area contributed by atoms with Gasteiger partial charge in [0.1, 0.15) is 18.2 Å². The molecule has 8 heteroatoms. The van der Waals surface area contributed by atoms with Gasteiger partial charge in [0.15, 0.2) is 0 Å². The van der Waals surface area contributed by atoms with Crippen molar-refractivity contribution in [1.29, 1.82) is 0 Å². The molecule has 0 saturated heterocycles. The highest BCUT2D eigenvalue weighted by Gasteiger charge is 2.10. The fourth-order valence-electron chi connectivity index (χ4n) is 2.66. The van der Waals surface area contributed by atoms with Gasteiger partial charge in [-0.15, -0.1) is 0 Å². The van der Waals surface area contributed by atoms with Crippen LogP contribution in [0.15, 0.2) is 82.4 Å². The molecule has 3 aromatic rings. The standard InChI is InChI=1S/C24H21BrFN3O3/c25-19-9-5-18(6-10-19)16-32-20-11-7-17(8-12-20)15-28-29-23(30)13-14-27-24(31)21-3-1-2-4-22(21)26/h1-12,15H,13-14,16H2,(H,27,31)(H,29,30). The van der Waals surface area contributed by atoms with Gasteiger partial charge in [0.2, 0.25) is 5.91 Å². The highest BCUT2D eigenvalue weighted by molar-refractivity contribution is 9.10. The summed E-state index contributed by atoms with van der Waals surface area (Å²) in [6, 6.07) is 20.8. The molecular formula is C24H21BrFN3O3. The lowest BCUT2D eigenvalue weighted by atomic mass is 10.2. The smallest absolute Gasteiger partial charge is 0.254 e. The van der Waals surface area contributed by atoms with Crippen LogP contribution < -0.4 is 15.5 Å². The maximum Gasteiger partial charge on any atom is 0.254 e. The van der Waals surface area contributed by atoms with Gasteiger partial charge < -0.3 is 10.1 Å². The van der Waals surface area contributed by atoms with Crippen LogP contribution in [-0.2, 0) is 11.4 Å². The number of hydrogen-bond donors (Lipinski definition) is 2. The van der Waals surface area contributed by atoms with Crippen molar-refractivity contribution in [3.05, 3.63) is 99.8 Å². The maximum absolute atomic E-state index is 13.5. The summed E-state index contributed by atoms with van der Waals surface area (Å²) in [5.41, 5.74) is 4.18. The molecule has 164 valence electrons. The first-order chi connectivity index (χ1) is 15.5. The van der Waals surface area contributed by atoms with E-state index >= 15 is 0 Å². The molecule has 0 aromatic heterocycles. The van der Waals surface area contributed by atoms with Crippen LogP contribution in [-0.4, -0.2) is 24.6 Å². The van der Waals surface area contributed by atoms with Crippen LogP contribution >= 0.6 is 15.9 Å². The Kier molecular flexibility index (Phi) is 8.51. The first-order valence-corrected chi connectivity index (χ1v) is 10.6. The Hall–Kier alpha value is -3.52. The lowest BCUT2D eigenvalue weighted by Crippen LogP contribution is -2.29. The number of amides is 2. The molecule has 3 rings (SSSR count). The van der Waals surface area contributed by atoms with Gasteiger partial charge in [0.05, 0.1) is 11.8 Å². The van der Waals surface area contributed by atoms with Crippen LogP contribution in [0.3, 0.4) is 0 Å². The molecule has 0 aliphatic carbocycles. The first kappa shape index (κ1) is 23.1. The van der Waals surface area contributed by atoms with E-state index in [1.807, 2.05) is 48.5 Å². The van der Waals surface area contributed by atoms with Crippen LogP contribution in [0, 0.1) is 5.82 Å². The van der Waals surface area contributed by atoms with E-state index in [4.69, 9.17) is 4.74 Å². The van der Waals surface area contributed by atoms with E-state index in [0.717, 1.165) is 21.3 Å². The molecule has 0 fully saturated rings. The summed E-state index contributed by atoms with van der Waals surface area (Å²) < 4.78 is 20.3. The normalized spacial score (nSPS) is 10.7. The molecule has 2 N–H and O–H groups in total. The monoisotopic (exact) mass is 497 g/mol. The third kappa shape index (κ3) is 7.31. The Morgan fingerprint density at radius 3 is 2.44 bits per heavy atom.